The average Bonchev–Trinajstić information content (AvgIpc) is 3.07. The molecule has 1 aromatic carbocycles. The number of aromatic hydroxyl groups is 1. The molecule has 0 saturated carbocycles. The molecule has 2 aliphatic rings. The minimum atomic E-state index is -0.774. The first-order valence-electron chi connectivity index (χ1n) is 7.04. The lowest BCUT2D eigenvalue weighted by Gasteiger charge is -2.24. The maximum absolute atomic E-state index is 11.2. The zero-order chi connectivity index (χ0) is 15.9. The van der Waals surface area contributed by atoms with Gasteiger partial charge in [0, 0.05) is 17.1 Å². The maximum Gasteiger partial charge on any atom is 0.321 e. The molecule has 118 valence electrons. The number of carboxylic acids is 1. The van der Waals surface area contributed by atoms with Gasteiger partial charge in [-0.05, 0) is 26.1 Å². The fourth-order valence-electron chi connectivity index (χ4n) is 2.73. The van der Waals surface area contributed by atoms with Crippen molar-refractivity contribution in [1.82, 2.24) is 4.90 Å². The van der Waals surface area contributed by atoms with E-state index in [9.17, 15) is 15.0 Å². The van der Waals surface area contributed by atoms with Crippen LogP contribution in [0.15, 0.2) is 23.2 Å². The van der Waals surface area contributed by atoms with E-state index in [0.29, 0.717) is 5.75 Å². The standard InChI is InChI=1S/C15H18N2O3S2/c1-8-3-4-12(18)9(5-8)13-16-10(6-21-13)14-17(2)11(7-22-14)15(19)20/h3-5,10-11,14,18H,6-7H2,1-2H3,(H,19,20)/t10-,11+,14?/m0/s1. The van der Waals surface area contributed by atoms with E-state index in [1.165, 1.54) is 0 Å². The fraction of sp³-hybridized carbons (Fsp3) is 0.467. The van der Waals surface area contributed by atoms with Crippen LogP contribution in [0, 0.1) is 6.92 Å². The number of carboxylic acid groups (broad SMARTS) is 1. The third-order valence-electron chi connectivity index (χ3n) is 3.99. The number of benzene rings is 1. The molecule has 0 bridgehead atoms. The highest BCUT2D eigenvalue weighted by Gasteiger charge is 2.41. The van der Waals surface area contributed by atoms with Crippen molar-refractivity contribution in [2.24, 2.45) is 4.99 Å². The number of likely N-dealkylation sites (N-methyl/N-ethyl adjacent to an activating group) is 1. The molecule has 1 saturated heterocycles. The Bertz CT molecular complexity index is 635. The van der Waals surface area contributed by atoms with Crippen molar-refractivity contribution >= 4 is 34.5 Å². The van der Waals surface area contributed by atoms with Crippen LogP contribution in [0.25, 0.3) is 0 Å². The minimum absolute atomic E-state index is 0.0549. The maximum atomic E-state index is 11.2. The predicted molar refractivity (Wildman–Crippen MR) is 91.1 cm³/mol. The molecule has 2 aliphatic heterocycles. The molecule has 0 radical (unpaired) electrons. The highest BCUT2D eigenvalue weighted by molar-refractivity contribution is 8.14. The summed E-state index contributed by atoms with van der Waals surface area (Å²) in [6, 6.07) is 5.12. The van der Waals surface area contributed by atoms with Gasteiger partial charge >= 0.3 is 5.97 Å². The quantitative estimate of drug-likeness (QED) is 0.878. The van der Waals surface area contributed by atoms with E-state index in [-0.39, 0.29) is 17.2 Å². The second-order valence-electron chi connectivity index (χ2n) is 5.58. The molecule has 22 heavy (non-hydrogen) atoms. The largest absolute Gasteiger partial charge is 0.507 e. The molecular formula is C15H18N2O3S2. The molecule has 1 unspecified atom stereocenters. The third kappa shape index (κ3) is 2.85. The van der Waals surface area contributed by atoms with Crippen LogP contribution >= 0.6 is 23.5 Å². The highest BCUT2D eigenvalue weighted by atomic mass is 32.2. The number of aliphatic imine (C=N–C) groups is 1. The summed E-state index contributed by atoms with van der Waals surface area (Å²) < 4.78 is 0. The van der Waals surface area contributed by atoms with Crippen molar-refractivity contribution in [3.63, 3.8) is 0 Å². The number of hydrogen-bond acceptors (Lipinski definition) is 6. The van der Waals surface area contributed by atoms with E-state index in [0.717, 1.165) is 21.9 Å². The molecule has 1 fully saturated rings. The van der Waals surface area contributed by atoms with Gasteiger partial charge in [-0.25, -0.2) is 0 Å². The number of phenols is 1. The van der Waals surface area contributed by atoms with Crippen LogP contribution in [-0.4, -0.2) is 62.1 Å². The second kappa shape index (κ2) is 6.14. The monoisotopic (exact) mass is 338 g/mol. The van der Waals surface area contributed by atoms with Crippen molar-refractivity contribution in [3.8, 4) is 5.75 Å². The Hall–Kier alpha value is -1.18. The molecule has 2 N–H and O–H groups in total. The summed E-state index contributed by atoms with van der Waals surface area (Å²) in [7, 11) is 1.85. The summed E-state index contributed by atoms with van der Waals surface area (Å²) in [4.78, 5) is 17.9. The third-order valence-corrected chi connectivity index (χ3v) is 6.59. The minimum Gasteiger partial charge on any atom is -0.507 e. The van der Waals surface area contributed by atoms with Crippen molar-refractivity contribution in [3.05, 3.63) is 29.3 Å². The van der Waals surface area contributed by atoms with Crippen LogP contribution in [0.5, 0.6) is 5.75 Å². The number of thioether (sulfide) groups is 2. The first-order valence-corrected chi connectivity index (χ1v) is 9.07. The van der Waals surface area contributed by atoms with E-state index in [4.69, 9.17) is 4.99 Å². The molecule has 0 aliphatic carbocycles. The lowest BCUT2D eigenvalue weighted by Crippen LogP contribution is -2.42. The molecule has 3 atom stereocenters. The summed E-state index contributed by atoms with van der Waals surface area (Å²) in [5.41, 5.74) is 1.85. The van der Waals surface area contributed by atoms with Crippen LogP contribution in [0.3, 0.4) is 0 Å². The van der Waals surface area contributed by atoms with E-state index >= 15 is 0 Å². The Kier molecular flexibility index (Phi) is 4.38. The Morgan fingerprint density at radius 3 is 2.86 bits per heavy atom. The van der Waals surface area contributed by atoms with Gasteiger partial charge in [0.25, 0.3) is 0 Å². The van der Waals surface area contributed by atoms with Gasteiger partial charge in [0.15, 0.2) is 0 Å². The van der Waals surface area contributed by atoms with Gasteiger partial charge < -0.3 is 10.2 Å². The normalized spacial score (nSPS) is 28.8. The predicted octanol–water partition coefficient (Wildman–Crippen LogP) is 2.02. The summed E-state index contributed by atoms with van der Waals surface area (Å²) in [6.07, 6.45) is 0. The van der Waals surface area contributed by atoms with Gasteiger partial charge in [-0.1, -0.05) is 11.6 Å². The second-order valence-corrected chi connectivity index (χ2v) is 7.73. The van der Waals surface area contributed by atoms with E-state index < -0.39 is 12.0 Å². The van der Waals surface area contributed by atoms with Crippen molar-refractivity contribution in [2.75, 3.05) is 18.6 Å². The fourth-order valence-corrected chi connectivity index (χ4v) is 5.49. The molecule has 0 amide bonds. The van der Waals surface area contributed by atoms with E-state index in [1.54, 1.807) is 29.6 Å². The first kappa shape index (κ1) is 15.7. The summed E-state index contributed by atoms with van der Waals surface area (Å²) in [6.45, 7) is 1.98. The zero-order valence-corrected chi connectivity index (χ0v) is 14.0. The molecule has 7 heteroatoms. The zero-order valence-electron chi connectivity index (χ0n) is 12.4. The lowest BCUT2D eigenvalue weighted by atomic mass is 10.1. The number of phenolic OH excluding ortho intramolecular Hbond substituents is 1. The van der Waals surface area contributed by atoms with E-state index in [1.807, 2.05) is 31.0 Å². The van der Waals surface area contributed by atoms with Crippen molar-refractivity contribution in [1.29, 1.82) is 0 Å². The van der Waals surface area contributed by atoms with Crippen LogP contribution in [0.4, 0.5) is 0 Å². The SMILES string of the molecule is Cc1ccc(O)c(C2=N[C@H](C3SC[C@H](C(=O)O)N3C)CS2)c1. The smallest absolute Gasteiger partial charge is 0.321 e. The topological polar surface area (TPSA) is 73.1 Å². The Morgan fingerprint density at radius 1 is 1.41 bits per heavy atom. The van der Waals surface area contributed by atoms with Crippen LogP contribution in [-0.2, 0) is 4.79 Å². The van der Waals surface area contributed by atoms with Crippen molar-refractivity contribution < 1.29 is 15.0 Å². The van der Waals surface area contributed by atoms with Gasteiger partial charge in [0.2, 0.25) is 0 Å². The molecule has 0 aromatic heterocycles. The average molecular weight is 338 g/mol. The Balaban J connectivity index is 1.80. The molecular weight excluding hydrogens is 320 g/mol. The molecule has 3 rings (SSSR count). The number of carbonyl (C=O) groups is 1. The van der Waals surface area contributed by atoms with Gasteiger partial charge in [-0.3, -0.25) is 14.7 Å². The van der Waals surface area contributed by atoms with Crippen LogP contribution in [0.1, 0.15) is 11.1 Å². The molecule has 5 nitrogen and oxygen atoms in total. The van der Waals surface area contributed by atoms with Crippen LogP contribution in [0.2, 0.25) is 0 Å². The van der Waals surface area contributed by atoms with Gasteiger partial charge in [0.1, 0.15) is 16.8 Å². The number of hydrogen-bond donors (Lipinski definition) is 2. The number of aryl methyl sites for hydroxylation is 1. The number of aliphatic carboxylic acids is 1. The Labute approximate surface area is 137 Å². The lowest BCUT2D eigenvalue weighted by molar-refractivity contribution is -0.141. The number of rotatable bonds is 3. The molecule has 0 spiro atoms. The number of nitrogens with zero attached hydrogens (tertiary/aromatic N) is 2. The first-order chi connectivity index (χ1) is 10.5. The molecule has 2 heterocycles. The summed E-state index contributed by atoms with van der Waals surface area (Å²) in [5.74, 6) is 0.881. The van der Waals surface area contributed by atoms with Gasteiger partial charge in [0.05, 0.1) is 11.4 Å². The summed E-state index contributed by atoms with van der Waals surface area (Å²) >= 11 is 3.28. The summed E-state index contributed by atoms with van der Waals surface area (Å²) in [5, 5.41) is 20.2. The van der Waals surface area contributed by atoms with Crippen LogP contribution < -0.4 is 0 Å². The van der Waals surface area contributed by atoms with Gasteiger partial charge in [-0.15, -0.1) is 23.5 Å². The van der Waals surface area contributed by atoms with E-state index in [2.05, 4.69) is 0 Å². The highest BCUT2D eigenvalue weighted by Crippen LogP contribution is 2.37. The van der Waals surface area contributed by atoms with Crippen molar-refractivity contribution in [2.45, 2.75) is 24.4 Å². The Morgan fingerprint density at radius 2 is 2.18 bits per heavy atom. The van der Waals surface area contributed by atoms with Gasteiger partial charge in [-0.2, -0.15) is 0 Å². The molecule has 1 aromatic rings.